The molecule has 2 heterocycles. The summed E-state index contributed by atoms with van der Waals surface area (Å²) in [5.74, 6) is 0. The Morgan fingerprint density at radius 1 is 1.03 bits per heavy atom. The molecule has 4 aromatic rings. The molecule has 0 radical (unpaired) electrons. The van der Waals surface area contributed by atoms with Crippen molar-refractivity contribution < 1.29 is 13.2 Å². The van der Waals surface area contributed by atoms with Gasteiger partial charge in [0.05, 0.1) is 41.0 Å². The second-order valence-corrected chi connectivity index (χ2v) is 7.89. The van der Waals surface area contributed by atoms with Crippen LogP contribution >= 0.6 is 0 Å². The first-order chi connectivity index (χ1) is 16.6. The molecule has 2 aromatic carbocycles. The van der Waals surface area contributed by atoms with Gasteiger partial charge < -0.3 is 0 Å². The Morgan fingerprint density at radius 2 is 1.71 bits per heavy atom. The molecule has 0 aliphatic heterocycles. The fraction of sp³-hybridized carbons (Fsp3) is 0.200. The van der Waals surface area contributed by atoms with Crippen LogP contribution in [-0.4, -0.2) is 18.9 Å². The molecule has 0 bridgehead atoms. The number of aryl methyl sites for hydroxylation is 1. The summed E-state index contributed by atoms with van der Waals surface area (Å²) < 4.78 is 43.7. The van der Waals surface area contributed by atoms with E-state index < -0.39 is 23.0 Å². The second kappa shape index (κ2) is 8.76. The highest BCUT2D eigenvalue weighted by molar-refractivity contribution is 5.68. The molecule has 10 heteroatoms. The zero-order valence-electron chi connectivity index (χ0n) is 19.1. The molecule has 0 fully saturated rings. The van der Waals surface area contributed by atoms with E-state index >= 15 is 0 Å². The molecule has 35 heavy (non-hydrogen) atoms. The van der Waals surface area contributed by atoms with Gasteiger partial charge in [0.15, 0.2) is 5.69 Å². The van der Waals surface area contributed by atoms with Crippen molar-refractivity contribution in [3.05, 3.63) is 104 Å². The first kappa shape index (κ1) is 23.8. The first-order valence-corrected chi connectivity index (χ1v) is 10.7. The van der Waals surface area contributed by atoms with Gasteiger partial charge in [-0.25, -0.2) is 14.3 Å². The van der Waals surface area contributed by atoms with Crippen LogP contribution in [0.4, 0.5) is 18.9 Å². The SMILES string of the molecule is [C-]#[N+]c1ccc(-n2ncc(C)c2-c2c(C)n(-c3cccc(C(F)(F)F)c3)c(=O)n(CC)c2=O)cc1. The van der Waals surface area contributed by atoms with Crippen LogP contribution in [0, 0.1) is 20.4 Å². The molecule has 0 unspecified atom stereocenters. The lowest BCUT2D eigenvalue weighted by molar-refractivity contribution is -0.137. The summed E-state index contributed by atoms with van der Waals surface area (Å²) in [6.07, 6.45) is -3.03. The highest BCUT2D eigenvalue weighted by atomic mass is 19.4. The summed E-state index contributed by atoms with van der Waals surface area (Å²) in [7, 11) is 0. The quantitative estimate of drug-likeness (QED) is 0.385. The fourth-order valence-corrected chi connectivity index (χ4v) is 4.03. The van der Waals surface area contributed by atoms with Gasteiger partial charge in [0.2, 0.25) is 0 Å². The van der Waals surface area contributed by atoms with Crippen molar-refractivity contribution in [3.63, 3.8) is 0 Å². The topological polar surface area (TPSA) is 66.2 Å². The van der Waals surface area contributed by atoms with Crippen LogP contribution in [0.25, 0.3) is 27.5 Å². The van der Waals surface area contributed by atoms with E-state index in [4.69, 9.17) is 6.57 Å². The maximum atomic E-state index is 13.5. The lowest BCUT2D eigenvalue weighted by atomic mass is 10.1. The van der Waals surface area contributed by atoms with Crippen molar-refractivity contribution in [3.8, 4) is 22.6 Å². The van der Waals surface area contributed by atoms with Gasteiger partial charge >= 0.3 is 11.9 Å². The van der Waals surface area contributed by atoms with Gasteiger partial charge in [-0.1, -0.05) is 18.2 Å². The zero-order valence-corrected chi connectivity index (χ0v) is 19.1. The standard InChI is InChI=1S/C25H20F3N5O2/c1-5-31-23(34)21(22-15(2)14-30-33(22)19-11-9-18(29-4)10-12-19)16(3)32(24(31)35)20-8-6-7-17(13-20)25(26,27)28/h6-14H,5H2,1-3H3. The number of hydrogen-bond acceptors (Lipinski definition) is 3. The summed E-state index contributed by atoms with van der Waals surface area (Å²) in [6, 6.07) is 11.0. The number of benzene rings is 2. The van der Waals surface area contributed by atoms with Crippen molar-refractivity contribution >= 4 is 5.69 Å². The van der Waals surface area contributed by atoms with Crippen LogP contribution in [0.15, 0.2) is 64.3 Å². The molecule has 0 saturated carbocycles. The smallest absolute Gasteiger partial charge is 0.268 e. The Morgan fingerprint density at radius 3 is 2.31 bits per heavy atom. The van der Waals surface area contributed by atoms with Gasteiger partial charge in [-0.15, -0.1) is 0 Å². The summed E-state index contributed by atoms with van der Waals surface area (Å²) >= 11 is 0. The number of rotatable bonds is 4. The monoisotopic (exact) mass is 479 g/mol. The number of halogens is 3. The highest BCUT2D eigenvalue weighted by Gasteiger charge is 2.31. The minimum Gasteiger partial charge on any atom is -0.268 e. The van der Waals surface area contributed by atoms with Crippen LogP contribution in [-0.2, 0) is 12.7 Å². The summed E-state index contributed by atoms with van der Waals surface area (Å²) in [5.41, 5.74) is 0.182. The van der Waals surface area contributed by atoms with E-state index in [1.54, 1.807) is 44.3 Å². The molecule has 0 spiro atoms. The van der Waals surface area contributed by atoms with Gasteiger partial charge in [-0.05, 0) is 56.7 Å². The Hall–Kier alpha value is -4.39. The number of nitrogens with zero attached hydrogens (tertiary/aromatic N) is 5. The molecular formula is C25H20F3N5O2. The normalized spacial score (nSPS) is 11.5. The van der Waals surface area contributed by atoms with Crippen molar-refractivity contribution in [2.24, 2.45) is 0 Å². The van der Waals surface area contributed by atoms with Crippen LogP contribution in [0.5, 0.6) is 0 Å². The van der Waals surface area contributed by atoms with E-state index in [1.165, 1.54) is 23.7 Å². The molecular weight excluding hydrogens is 459 g/mol. The first-order valence-electron chi connectivity index (χ1n) is 10.7. The predicted octanol–water partition coefficient (Wildman–Crippen LogP) is 5.06. The maximum absolute atomic E-state index is 13.5. The third-order valence-electron chi connectivity index (χ3n) is 5.74. The molecule has 0 atom stereocenters. The third kappa shape index (κ3) is 4.05. The van der Waals surface area contributed by atoms with E-state index in [0.717, 1.165) is 21.3 Å². The molecule has 4 rings (SSSR count). The van der Waals surface area contributed by atoms with Crippen molar-refractivity contribution in [1.29, 1.82) is 0 Å². The maximum Gasteiger partial charge on any atom is 0.416 e. The molecule has 7 nitrogen and oxygen atoms in total. The Bertz CT molecular complexity index is 1590. The van der Waals surface area contributed by atoms with Crippen LogP contribution in [0.1, 0.15) is 23.7 Å². The van der Waals surface area contributed by atoms with Gasteiger partial charge in [-0.2, -0.15) is 18.3 Å². The lowest BCUT2D eigenvalue weighted by Gasteiger charge is -2.19. The number of alkyl halides is 3. The molecule has 0 aliphatic rings. The lowest BCUT2D eigenvalue weighted by Crippen LogP contribution is -2.41. The Labute approximate surface area is 198 Å². The predicted molar refractivity (Wildman–Crippen MR) is 125 cm³/mol. The number of aromatic nitrogens is 4. The molecule has 0 aliphatic carbocycles. The van der Waals surface area contributed by atoms with Gasteiger partial charge in [0, 0.05) is 12.2 Å². The van der Waals surface area contributed by atoms with E-state index in [1.807, 2.05) is 0 Å². The average Bonchev–Trinajstić information content (AvgIpc) is 3.20. The van der Waals surface area contributed by atoms with Crippen LogP contribution in [0.2, 0.25) is 0 Å². The Balaban J connectivity index is 2.05. The molecule has 0 saturated heterocycles. The van der Waals surface area contributed by atoms with Gasteiger partial charge in [-0.3, -0.25) is 13.9 Å². The number of hydrogen-bond donors (Lipinski definition) is 0. The summed E-state index contributed by atoms with van der Waals surface area (Å²) in [5, 5.41) is 4.38. The average molecular weight is 479 g/mol. The van der Waals surface area contributed by atoms with Gasteiger partial charge in [0.1, 0.15) is 0 Å². The minimum absolute atomic E-state index is 0.00379. The molecule has 178 valence electrons. The fourth-order valence-electron chi connectivity index (χ4n) is 4.03. The largest absolute Gasteiger partial charge is 0.416 e. The molecule has 0 N–H and O–H groups in total. The highest BCUT2D eigenvalue weighted by Crippen LogP contribution is 2.31. The van der Waals surface area contributed by atoms with Crippen LogP contribution in [0.3, 0.4) is 0 Å². The van der Waals surface area contributed by atoms with Crippen LogP contribution < -0.4 is 11.2 Å². The van der Waals surface area contributed by atoms with Crippen molar-refractivity contribution in [1.82, 2.24) is 18.9 Å². The van der Waals surface area contributed by atoms with E-state index in [-0.39, 0.29) is 23.5 Å². The third-order valence-corrected chi connectivity index (χ3v) is 5.74. The van der Waals surface area contributed by atoms with E-state index in [9.17, 15) is 22.8 Å². The minimum atomic E-state index is -4.59. The second-order valence-electron chi connectivity index (χ2n) is 7.89. The Kier molecular flexibility index (Phi) is 5.94. The molecule has 2 aromatic heterocycles. The summed E-state index contributed by atoms with van der Waals surface area (Å²) in [4.78, 5) is 30.1. The summed E-state index contributed by atoms with van der Waals surface area (Å²) in [6.45, 7) is 12.1. The van der Waals surface area contributed by atoms with Gasteiger partial charge in [0.25, 0.3) is 5.56 Å². The zero-order chi connectivity index (χ0) is 25.5. The van der Waals surface area contributed by atoms with E-state index in [0.29, 0.717) is 22.6 Å². The van der Waals surface area contributed by atoms with Crippen molar-refractivity contribution in [2.45, 2.75) is 33.5 Å². The van der Waals surface area contributed by atoms with Crippen molar-refractivity contribution in [2.75, 3.05) is 0 Å². The molecule has 0 amide bonds. The van der Waals surface area contributed by atoms with E-state index in [2.05, 4.69) is 9.94 Å².